The highest BCUT2D eigenvalue weighted by Crippen LogP contribution is 2.32. The minimum Gasteiger partial charge on any atom is -0.354 e. The average molecular weight is 364 g/mol. The number of carbonyl (C=O) groups excluding carboxylic acids is 2. The van der Waals surface area contributed by atoms with Crippen molar-refractivity contribution in [2.24, 2.45) is 10.9 Å². The van der Waals surface area contributed by atoms with Crippen LogP contribution in [0.2, 0.25) is 0 Å². The summed E-state index contributed by atoms with van der Waals surface area (Å²) >= 11 is 0. The van der Waals surface area contributed by atoms with Crippen LogP contribution in [-0.2, 0) is 4.79 Å². The Morgan fingerprint density at radius 3 is 2.81 bits per heavy atom. The molecule has 0 saturated heterocycles. The lowest BCUT2D eigenvalue weighted by Crippen LogP contribution is -2.53. The van der Waals surface area contributed by atoms with Gasteiger partial charge in [-0.25, -0.2) is 9.48 Å². The van der Waals surface area contributed by atoms with Crippen LogP contribution >= 0.6 is 0 Å². The molecular formula is C19H20N6O2. The van der Waals surface area contributed by atoms with Crippen LogP contribution in [-0.4, -0.2) is 58.6 Å². The molecule has 1 aromatic heterocycles. The highest BCUT2D eigenvalue weighted by Gasteiger charge is 2.41. The second-order valence-electron chi connectivity index (χ2n) is 7.10. The molecule has 2 aromatic rings. The largest absolute Gasteiger partial charge is 0.354 e. The van der Waals surface area contributed by atoms with Gasteiger partial charge in [0.25, 0.3) is 0 Å². The monoisotopic (exact) mass is 364 g/mol. The molecule has 3 heterocycles. The molecule has 3 amide bonds. The minimum absolute atomic E-state index is 0.0269. The summed E-state index contributed by atoms with van der Waals surface area (Å²) in [5, 5.41) is 7.43. The van der Waals surface area contributed by atoms with Crippen LogP contribution in [0.25, 0.3) is 5.69 Å². The molecule has 5 rings (SSSR count). The van der Waals surface area contributed by atoms with E-state index in [9.17, 15) is 9.59 Å². The highest BCUT2D eigenvalue weighted by atomic mass is 16.2. The van der Waals surface area contributed by atoms with Gasteiger partial charge < -0.3 is 5.32 Å². The summed E-state index contributed by atoms with van der Waals surface area (Å²) < 4.78 is 1.71. The molecule has 8 heteroatoms. The molecule has 1 N–H and O–H groups in total. The number of amides is 3. The Hall–Kier alpha value is -3.16. The van der Waals surface area contributed by atoms with E-state index >= 15 is 0 Å². The van der Waals surface area contributed by atoms with Crippen molar-refractivity contribution in [2.75, 3.05) is 31.1 Å². The number of amidine groups is 1. The van der Waals surface area contributed by atoms with Gasteiger partial charge in [0.05, 0.1) is 24.0 Å². The Morgan fingerprint density at radius 1 is 1.22 bits per heavy atom. The van der Waals surface area contributed by atoms with Crippen molar-refractivity contribution in [2.45, 2.75) is 12.8 Å². The van der Waals surface area contributed by atoms with E-state index < -0.39 is 0 Å². The van der Waals surface area contributed by atoms with Crippen LogP contribution in [0.5, 0.6) is 0 Å². The molecule has 0 bridgehead atoms. The van der Waals surface area contributed by atoms with Crippen LogP contribution < -0.4 is 10.2 Å². The molecule has 0 unspecified atom stereocenters. The maximum Gasteiger partial charge on any atom is 0.331 e. The molecule has 27 heavy (non-hydrogen) atoms. The number of fused-ring (bicyclic) bond motifs is 3. The van der Waals surface area contributed by atoms with E-state index in [2.05, 4.69) is 15.4 Å². The van der Waals surface area contributed by atoms with Gasteiger partial charge in [-0.2, -0.15) is 5.10 Å². The third-order valence-electron chi connectivity index (χ3n) is 5.13. The Morgan fingerprint density at radius 2 is 2.04 bits per heavy atom. The van der Waals surface area contributed by atoms with Gasteiger partial charge in [-0.15, -0.1) is 0 Å². The van der Waals surface area contributed by atoms with Gasteiger partial charge in [-0.1, -0.05) is 18.2 Å². The van der Waals surface area contributed by atoms with Crippen molar-refractivity contribution < 1.29 is 9.59 Å². The molecule has 3 aliphatic rings. The smallest absolute Gasteiger partial charge is 0.331 e. The quantitative estimate of drug-likeness (QED) is 0.871. The number of benzene rings is 1. The number of urea groups is 1. The summed E-state index contributed by atoms with van der Waals surface area (Å²) in [7, 11) is 0. The van der Waals surface area contributed by atoms with E-state index in [0.717, 1.165) is 11.3 Å². The molecule has 138 valence electrons. The van der Waals surface area contributed by atoms with Gasteiger partial charge >= 0.3 is 6.03 Å². The summed E-state index contributed by atoms with van der Waals surface area (Å²) in [5.41, 5.74) is 1.62. The number of rotatable bonds is 5. The molecule has 8 nitrogen and oxygen atoms in total. The molecule has 1 fully saturated rings. The number of anilines is 1. The number of hydrogen-bond acceptors (Lipinski definition) is 4. The van der Waals surface area contributed by atoms with Crippen molar-refractivity contribution in [3.63, 3.8) is 0 Å². The molecule has 1 aliphatic carbocycles. The van der Waals surface area contributed by atoms with E-state index in [1.165, 1.54) is 17.7 Å². The second-order valence-corrected chi connectivity index (χ2v) is 7.10. The maximum absolute atomic E-state index is 13.1. The first kappa shape index (κ1) is 16.0. The first-order valence-electron chi connectivity index (χ1n) is 9.26. The number of aliphatic imine (C=N–C) groups is 1. The van der Waals surface area contributed by atoms with Crippen molar-refractivity contribution in [3.8, 4) is 5.69 Å². The Balaban J connectivity index is 1.52. The highest BCUT2D eigenvalue weighted by molar-refractivity contribution is 6.20. The third kappa shape index (κ3) is 2.77. The maximum atomic E-state index is 13.1. The predicted molar refractivity (Wildman–Crippen MR) is 100 cm³/mol. The fraction of sp³-hybridized carbons (Fsp3) is 0.368. The normalized spacial score (nSPS) is 18.2. The number of carbonyl (C=O) groups is 2. The lowest BCUT2D eigenvalue weighted by molar-refractivity contribution is -0.119. The molecule has 0 spiro atoms. The number of nitrogens with one attached hydrogen (secondary N) is 1. The van der Waals surface area contributed by atoms with Crippen LogP contribution in [0.1, 0.15) is 18.4 Å². The van der Waals surface area contributed by atoms with Crippen LogP contribution in [0, 0.1) is 5.92 Å². The van der Waals surface area contributed by atoms with Gasteiger partial charge in [0, 0.05) is 13.1 Å². The van der Waals surface area contributed by atoms with Crippen molar-refractivity contribution in [3.05, 3.63) is 42.1 Å². The van der Waals surface area contributed by atoms with Crippen LogP contribution in [0.3, 0.4) is 0 Å². The standard InChI is InChI=1S/C19H20N6O2/c26-16(21-10-13-6-7-13)12-24-18-15(17-20-8-9-23(17)19(24)27)11-22-25(18)14-4-2-1-3-5-14/h1-5,11,13H,6-10,12H2,(H,21,26). The average Bonchev–Trinajstić information content (AvgIpc) is 3.20. The summed E-state index contributed by atoms with van der Waals surface area (Å²) in [6, 6.07) is 9.38. The molecular weight excluding hydrogens is 344 g/mol. The van der Waals surface area contributed by atoms with Gasteiger partial charge in [0.15, 0.2) is 5.82 Å². The van der Waals surface area contributed by atoms with E-state index in [4.69, 9.17) is 0 Å². The fourth-order valence-corrected chi connectivity index (χ4v) is 3.54. The number of aromatic nitrogens is 2. The lowest BCUT2D eigenvalue weighted by atomic mass is 10.2. The fourth-order valence-electron chi connectivity index (χ4n) is 3.54. The van der Waals surface area contributed by atoms with Crippen molar-refractivity contribution >= 4 is 23.6 Å². The second kappa shape index (κ2) is 6.22. The predicted octanol–water partition coefficient (Wildman–Crippen LogP) is 1.40. The lowest BCUT2D eigenvalue weighted by Gasteiger charge is -2.33. The first-order chi connectivity index (χ1) is 13.2. The topological polar surface area (TPSA) is 82.8 Å². The van der Waals surface area contributed by atoms with E-state index in [1.54, 1.807) is 15.8 Å². The summed E-state index contributed by atoms with van der Waals surface area (Å²) in [4.78, 5) is 33.2. The minimum atomic E-state index is -0.224. The number of para-hydroxylation sites is 1. The Bertz CT molecular complexity index is 931. The summed E-state index contributed by atoms with van der Waals surface area (Å²) in [5.74, 6) is 1.69. The molecule has 0 radical (unpaired) electrons. The van der Waals surface area contributed by atoms with E-state index in [-0.39, 0.29) is 18.5 Å². The molecule has 2 aliphatic heterocycles. The summed E-state index contributed by atoms with van der Waals surface area (Å²) in [6.45, 7) is 1.76. The zero-order valence-electron chi connectivity index (χ0n) is 14.8. The van der Waals surface area contributed by atoms with Crippen molar-refractivity contribution in [1.82, 2.24) is 20.0 Å². The van der Waals surface area contributed by atoms with Crippen LogP contribution in [0.4, 0.5) is 10.6 Å². The van der Waals surface area contributed by atoms with Crippen molar-refractivity contribution in [1.29, 1.82) is 0 Å². The summed E-state index contributed by atoms with van der Waals surface area (Å²) in [6.07, 6.45) is 4.06. The Labute approximate surface area is 156 Å². The molecule has 1 aromatic carbocycles. The number of nitrogens with zero attached hydrogens (tertiary/aromatic N) is 5. The molecule has 1 saturated carbocycles. The van der Waals surface area contributed by atoms with Gasteiger partial charge in [-0.3, -0.25) is 19.6 Å². The zero-order chi connectivity index (χ0) is 18.4. The third-order valence-corrected chi connectivity index (χ3v) is 5.13. The SMILES string of the molecule is O=C(CN1C(=O)N2CCN=C2c2cnn(-c3ccccc3)c21)NCC1CC1. The van der Waals surface area contributed by atoms with Gasteiger partial charge in [0.2, 0.25) is 5.91 Å². The molecule has 0 atom stereocenters. The number of hydrogen-bond donors (Lipinski definition) is 1. The van der Waals surface area contributed by atoms with Gasteiger partial charge in [0.1, 0.15) is 12.4 Å². The zero-order valence-corrected chi connectivity index (χ0v) is 14.8. The Kier molecular flexibility index (Phi) is 3.70. The first-order valence-corrected chi connectivity index (χ1v) is 9.26. The van der Waals surface area contributed by atoms with E-state index in [0.29, 0.717) is 37.2 Å². The van der Waals surface area contributed by atoms with E-state index in [1.807, 2.05) is 30.3 Å². The van der Waals surface area contributed by atoms with Crippen LogP contribution in [0.15, 0.2) is 41.5 Å². The van der Waals surface area contributed by atoms with Gasteiger partial charge in [-0.05, 0) is 30.9 Å².